The van der Waals surface area contributed by atoms with Gasteiger partial charge in [-0.15, -0.1) is 0 Å². The summed E-state index contributed by atoms with van der Waals surface area (Å²) in [7, 11) is 0. The van der Waals surface area contributed by atoms with E-state index < -0.39 is 0 Å². The lowest BCUT2D eigenvalue weighted by molar-refractivity contribution is -0.953. The van der Waals surface area contributed by atoms with Crippen LogP contribution in [0.15, 0.2) is 97.1 Å². The largest absolute Gasteiger partial charge is 1.00 e. The first-order chi connectivity index (χ1) is 24.1. The molecule has 3 aliphatic heterocycles. The summed E-state index contributed by atoms with van der Waals surface area (Å²) >= 11 is 0. The Morgan fingerprint density at radius 2 is 0.960 bits per heavy atom. The molecular weight excluding hydrogens is 686 g/mol. The van der Waals surface area contributed by atoms with E-state index in [0.717, 1.165) is 53.7 Å². The Labute approximate surface area is 304 Å². The number of hydrogen-bond acceptors (Lipinski definition) is 4. The number of ether oxygens (including phenoxy) is 4. The van der Waals surface area contributed by atoms with E-state index in [9.17, 15) is 0 Å². The average molecular weight is 729 g/mol. The third-order valence-corrected chi connectivity index (χ3v) is 10.9. The molecule has 0 amide bonds. The second-order valence-electron chi connectivity index (χ2n) is 13.9. The number of quaternary nitrogens is 1. The molecule has 0 atom stereocenters. The molecule has 9 rings (SSSR count). The Morgan fingerprint density at radius 3 is 1.42 bits per heavy atom. The van der Waals surface area contributed by atoms with Crippen molar-refractivity contribution in [3.05, 3.63) is 108 Å². The number of rotatable bonds is 8. The molecular formula is C44H42BrNO4. The van der Waals surface area contributed by atoms with Crippen LogP contribution in [0.3, 0.4) is 0 Å². The van der Waals surface area contributed by atoms with E-state index >= 15 is 0 Å². The first-order valence-corrected chi connectivity index (χ1v) is 17.9. The summed E-state index contributed by atoms with van der Waals surface area (Å²) in [6.07, 6.45) is 4.72. The van der Waals surface area contributed by atoms with Gasteiger partial charge in [0, 0.05) is 22.3 Å². The molecule has 0 radical (unpaired) electrons. The highest BCUT2D eigenvalue weighted by Crippen LogP contribution is 2.51. The molecule has 0 unspecified atom stereocenters. The fraction of sp³-hybridized carbons (Fsp3) is 0.273. The maximum absolute atomic E-state index is 5.93. The molecule has 0 fully saturated rings. The Bertz CT molecular complexity index is 2090. The molecule has 0 saturated carbocycles. The van der Waals surface area contributed by atoms with Crippen LogP contribution in [0.4, 0.5) is 0 Å². The van der Waals surface area contributed by atoms with Crippen LogP contribution in [0, 0.1) is 0 Å². The Hall–Kier alpha value is -4.52. The molecule has 50 heavy (non-hydrogen) atoms. The molecule has 6 aromatic rings. The maximum Gasteiger partial charge on any atom is 0.231 e. The zero-order valence-electron chi connectivity index (χ0n) is 28.8. The molecule has 0 spiro atoms. The van der Waals surface area contributed by atoms with Gasteiger partial charge >= 0.3 is 0 Å². The standard InChI is InChI=1S/C44H42NO4.BrH/c1-3-5-19-45(20-6-4-2)25-37-35(31-15-17-39-41(23-31)48-27-46-39)21-29-11-7-9-13-33(29)43(37)44-34-14-10-8-12-30(34)22-36(38(44)26-45)32-16-18-40-42(24-32)49-28-47-40;/h7-18,21-24H,3-6,19-20,25-28H2,1-2H3;1H/q+1;/p-1. The number of nitrogens with zero attached hydrogens (tertiary/aromatic N) is 1. The maximum atomic E-state index is 5.93. The highest BCUT2D eigenvalue weighted by molar-refractivity contribution is 6.12. The number of unbranched alkanes of at least 4 members (excludes halogenated alkanes) is 2. The number of fused-ring (bicyclic) bond motifs is 9. The Kier molecular flexibility index (Phi) is 8.70. The zero-order chi connectivity index (χ0) is 33.0. The predicted molar refractivity (Wildman–Crippen MR) is 197 cm³/mol. The average Bonchev–Trinajstić information content (AvgIpc) is 3.79. The quantitative estimate of drug-likeness (QED) is 0.150. The third kappa shape index (κ3) is 5.50. The van der Waals surface area contributed by atoms with Gasteiger partial charge in [-0.3, -0.25) is 0 Å². The fourth-order valence-electron chi connectivity index (χ4n) is 8.47. The Morgan fingerprint density at radius 1 is 0.520 bits per heavy atom. The number of halogens is 1. The van der Waals surface area contributed by atoms with Crippen molar-refractivity contribution in [2.24, 2.45) is 0 Å². The summed E-state index contributed by atoms with van der Waals surface area (Å²) in [6, 6.07) is 35.8. The first kappa shape index (κ1) is 32.7. The van der Waals surface area contributed by atoms with Gasteiger partial charge in [0.1, 0.15) is 13.1 Å². The van der Waals surface area contributed by atoms with Crippen LogP contribution in [0.1, 0.15) is 50.7 Å². The summed E-state index contributed by atoms with van der Waals surface area (Å²) in [5.41, 5.74) is 10.5. The molecule has 0 N–H and O–H groups in total. The van der Waals surface area contributed by atoms with Crippen molar-refractivity contribution in [2.45, 2.75) is 52.6 Å². The van der Waals surface area contributed by atoms with E-state index in [1.807, 2.05) is 0 Å². The van der Waals surface area contributed by atoms with Gasteiger partial charge in [0.2, 0.25) is 13.6 Å². The highest BCUT2D eigenvalue weighted by atomic mass is 79.9. The van der Waals surface area contributed by atoms with Crippen LogP contribution in [0.5, 0.6) is 23.0 Å². The third-order valence-electron chi connectivity index (χ3n) is 10.9. The van der Waals surface area contributed by atoms with Crippen LogP contribution in [-0.2, 0) is 13.1 Å². The van der Waals surface area contributed by atoms with E-state index in [2.05, 4.69) is 111 Å². The molecule has 3 heterocycles. The van der Waals surface area contributed by atoms with Crippen molar-refractivity contribution < 1.29 is 40.4 Å². The van der Waals surface area contributed by atoms with Gasteiger partial charge in [-0.2, -0.15) is 0 Å². The van der Waals surface area contributed by atoms with E-state index in [0.29, 0.717) is 0 Å². The van der Waals surface area contributed by atoms with Crippen molar-refractivity contribution in [2.75, 3.05) is 26.7 Å². The van der Waals surface area contributed by atoms with Crippen molar-refractivity contribution in [3.63, 3.8) is 0 Å². The molecule has 6 heteroatoms. The van der Waals surface area contributed by atoms with Crippen molar-refractivity contribution in [1.82, 2.24) is 0 Å². The smallest absolute Gasteiger partial charge is 0.231 e. The van der Waals surface area contributed by atoms with E-state index in [1.54, 1.807) is 0 Å². The summed E-state index contributed by atoms with van der Waals surface area (Å²) < 4.78 is 24.4. The molecule has 0 saturated heterocycles. The van der Waals surface area contributed by atoms with E-state index in [-0.39, 0.29) is 30.6 Å². The van der Waals surface area contributed by atoms with Gasteiger partial charge in [-0.1, -0.05) is 87.4 Å². The zero-order valence-corrected chi connectivity index (χ0v) is 30.4. The monoisotopic (exact) mass is 727 g/mol. The van der Waals surface area contributed by atoms with Crippen LogP contribution >= 0.6 is 0 Å². The first-order valence-electron chi connectivity index (χ1n) is 17.9. The predicted octanol–water partition coefficient (Wildman–Crippen LogP) is 7.89. The van der Waals surface area contributed by atoms with E-state index in [4.69, 9.17) is 18.9 Å². The van der Waals surface area contributed by atoms with Crippen LogP contribution in [-0.4, -0.2) is 31.2 Å². The summed E-state index contributed by atoms with van der Waals surface area (Å²) in [5.74, 6) is 3.27. The summed E-state index contributed by atoms with van der Waals surface area (Å²) in [6.45, 7) is 9.39. The van der Waals surface area contributed by atoms with Crippen molar-refractivity contribution >= 4 is 21.5 Å². The molecule has 0 aromatic heterocycles. The SMILES string of the molecule is CCCC[N+]1(CCCC)Cc2c(-c3ccc4c(c3)OCO4)cc3ccccc3c2-c2c(c(-c3ccc4c(c3)OCO4)cc3ccccc23)C1.[Br-]. The van der Waals surface area contributed by atoms with Gasteiger partial charge in [0.05, 0.1) is 13.1 Å². The minimum atomic E-state index is 0. The lowest BCUT2D eigenvalue weighted by atomic mass is 9.82. The minimum absolute atomic E-state index is 0. The van der Waals surface area contributed by atoms with Gasteiger partial charge in [0.15, 0.2) is 23.0 Å². The van der Waals surface area contributed by atoms with Crippen LogP contribution < -0.4 is 35.9 Å². The van der Waals surface area contributed by atoms with Gasteiger partial charge < -0.3 is 40.4 Å². The van der Waals surface area contributed by atoms with E-state index in [1.165, 1.54) is 91.7 Å². The van der Waals surface area contributed by atoms with Gasteiger partial charge in [-0.25, -0.2) is 0 Å². The normalized spacial score (nSPS) is 15.0. The lowest BCUT2D eigenvalue weighted by Crippen LogP contribution is -3.00. The van der Waals surface area contributed by atoms with Crippen molar-refractivity contribution in [3.8, 4) is 56.4 Å². The topological polar surface area (TPSA) is 36.9 Å². The second kappa shape index (κ2) is 13.3. The summed E-state index contributed by atoms with van der Waals surface area (Å²) in [5, 5.41) is 5.11. The summed E-state index contributed by atoms with van der Waals surface area (Å²) in [4.78, 5) is 0. The molecule has 5 nitrogen and oxygen atoms in total. The van der Waals surface area contributed by atoms with Crippen LogP contribution in [0.2, 0.25) is 0 Å². The van der Waals surface area contributed by atoms with Crippen LogP contribution in [0.25, 0.3) is 54.9 Å². The van der Waals surface area contributed by atoms with Gasteiger partial charge in [0.25, 0.3) is 0 Å². The molecule has 3 aliphatic rings. The molecule has 0 bridgehead atoms. The number of benzene rings is 6. The lowest BCUT2D eigenvalue weighted by Gasteiger charge is -2.39. The fourth-order valence-corrected chi connectivity index (χ4v) is 8.47. The van der Waals surface area contributed by atoms with Gasteiger partial charge in [-0.05, 0) is 93.0 Å². The molecule has 0 aliphatic carbocycles. The van der Waals surface area contributed by atoms with Crippen molar-refractivity contribution in [1.29, 1.82) is 0 Å². The second-order valence-corrected chi connectivity index (χ2v) is 13.9. The number of hydrogen-bond donors (Lipinski definition) is 0. The molecule has 254 valence electrons. The molecule has 6 aromatic carbocycles. The minimum Gasteiger partial charge on any atom is -1.00 e. The highest BCUT2D eigenvalue weighted by Gasteiger charge is 2.38. The Balaban J connectivity index is 0.00000361.